The fraction of sp³-hybridized carbons (Fsp3) is 0.500. The average molecular weight is 442 g/mol. The predicted octanol–water partition coefficient (Wildman–Crippen LogP) is 4.73. The second-order valence-corrected chi connectivity index (χ2v) is 10.0. The summed E-state index contributed by atoms with van der Waals surface area (Å²) in [7, 11) is 1.46. The lowest BCUT2D eigenvalue weighted by Crippen LogP contribution is -2.46. The van der Waals surface area contributed by atoms with Gasteiger partial charge in [0.15, 0.2) is 0 Å². The highest BCUT2D eigenvalue weighted by Crippen LogP contribution is 2.53. The quantitative estimate of drug-likeness (QED) is 0.684. The molecule has 2 atom stereocenters. The molecule has 0 radical (unpaired) electrons. The van der Waals surface area contributed by atoms with E-state index >= 15 is 0 Å². The highest BCUT2D eigenvalue weighted by molar-refractivity contribution is 6.08. The lowest BCUT2D eigenvalue weighted by atomic mass is 10.1. The number of hydrogen-bond acceptors (Lipinski definition) is 6. The van der Waals surface area contributed by atoms with Crippen LogP contribution in [-0.2, 0) is 16.5 Å². The first-order valence-electron chi connectivity index (χ1n) is 10.7. The van der Waals surface area contributed by atoms with Gasteiger partial charge in [-0.05, 0) is 59.4 Å². The van der Waals surface area contributed by atoms with Crippen molar-refractivity contribution in [1.82, 2.24) is 9.55 Å². The first-order valence-corrected chi connectivity index (χ1v) is 10.7. The molecule has 1 fully saturated rings. The number of nitrogens with zero attached hydrogens (tertiary/aromatic N) is 3. The van der Waals surface area contributed by atoms with Gasteiger partial charge in [0, 0.05) is 19.0 Å². The number of imide groups is 1. The summed E-state index contributed by atoms with van der Waals surface area (Å²) in [6.45, 7) is 10.1. The topological polar surface area (TPSA) is 90.7 Å². The molecule has 0 aliphatic heterocycles. The van der Waals surface area contributed by atoms with Crippen molar-refractivity contribution in [2.24, 2.45) is 7.05 Å². The number of carbonyl (C=O) groups excluding carboxylic acids is 2. The minimum atomic E-state index is -0.957. The van der Waals surface area contributed by atoms with Crippen LogP contribution < -0.4 is 10.5 Å². The normalized spacial score (nSPS) is 18.1. The van der Waals surface area contributed by atoms with E-state index in [0.29, 0.717) is 10.6 Å². The molecule has 3 rings (SSSR count). The van der Waals surface area contributed by atoms with E-state index in [9.17, 15) is 14.4 Å². The fourth-order valence-corrected chi connectivity index (χ4v) is 3.38. The van der Waals surface area contributed by atoms with Crippen LogP contribution >= 0.6 is 0 Å². The smallest absolute Gasteiger partial charge is 0.427 e. The molecule has 8 nitrogen and oxygen atoms in total. The molecular formula is C24H31N3O5. The molecule has 2 amide bonds. The molecule has 0 N–H and O–H groups in total. The van der Waals surface area contributed by atoms with Gasteiger partial charge in [-0.25, -0.2) is 14.6 Å². The third-order valence-electron chi connectivity index (χ3n) is 4.88. The first-order chi connectivity index (χ1) is 14.8. The largest absolute Gasteiger partial charge is 0.443 e. The Morgan fingerprint density at radius 2 is 1.50 bits per heavy atom. The van der Waals surface area contributed by atoms with Crippen LogP contribution in [-0.4, -0.2) is 32.9 Å². The van der Waals surface area contributed by atoms with Gasteiger partial charge in [0.1, 0.15) is 11.2 Å². The van der Waals surface area contributed by atoms with E-state index in [1.807, 2.05) is 30.3 Å². The van der Waals surface area contributed by atoms with Crippen LogP contribution in [0.5, 0.6) is 0 Å². The summed E-state index contributed by atoms with van der Waals surface area (Å²) < 4.78 is 12.0. The minimum absolute atomic E-state index is 0.0316. The maximum Gasteiger partial charge on any atom is 0.427 e. The molecule has 1 saturated carbocycles. The Balaban J connectivity index is 2.01. The van der Waals surface area contributed by atoms with Crippen LogP contribution in [0.25, 0.3) is 0 Å². The Kier molecular flexibility index (Phi) is 6.18. The first kappa shape index (κ1) is 23.5. The van der Waals surface area contributed by atoms with Gasteiger partial charge >= 0.3 is 12.2 Å². The third kappa shape index (κ3) is 5.55. The molecule has 8 heteroatoms. The molecule has 0 bridgehead atoms. The molecule has 172 valence electrons. The molecule has 1 aliphatic carbocycles. The molecule has 32 heavy (non-hydrogen) atoms. The summed E-state index contributed by atoms with van der Waals surface area (Å²) >= 11 is 0. The van der Waals surface area contributed by atoms with E-state index in [1.165, 1.54) is 13.1 Å². The van der Waals surface area contributed by atoms with Crippen LogP contribution in [0.15, 0.2) is 41.2 Å². The van der Waals surface area contributed by atoms with Gasteiger partial charge in [-0.15, -0.1) is 4.90 Å². The summed E-state index contributed by atoms with van der Waals surface area (Å²) in [5, 5.41) is 0. The van der Waals surface area contributed by atoms with Crippen LogP contribution in [0.4, 0.5) is 15.5 Å². The summed E-state index contributed by atoms with van der Waals surface area (Å²) in [6, 6.07) is 11.4. The molecule has 2 aromatic rings. The number of hydrogen-bond donors (Lipinski definition) is 0. The summed E-state index contributed by atoms with van der Waals surface area (Å²) in [5.74, 6) is 0.138. The summed E-state index contributed by atoms with van der Waals surface area (Å²) in [5.41, 5.74) is -0.390. The van der Waals surface area contributed by atoms with Gasteiger partial charge in [0.25, 0.3) is 5.56 Å². The lowest BCUT2D eigenvalue weighted by molar-refractivity contribution is 0.0425. The van der Waals surface area contributed by atoms with E-state index < -0.39 is 23.4 Å². The summed E-state index contributed by atoms with van der Waals surface area (Å²) in [4.78, 5) is 44.0. The molecule has 0 unspecified atom stereocenters. The number of aromatic nitrogens is 2. The van der Waals surface area contributed by atoms with Crippen LogP contribution in [0.1, 0.15) is 71.1 Å². The monoisotopic (exact) mass is 441 g/mol. The van der Waals surface area contributed by atoms with E-state index in [4.69, 9.17) is 9.47 Å². The fourth-order valence-electron chi connectivity index (χ4n) is 3.38. The maximum atomic E-state index is 13.0. The number of anilines is 1. The van der Waals surface area contributed by atoms with Crippen LogP contribution in [0, 0.1) is 0 Å². The van der Waals surface area contributed by atoms with Crippen molar-refractivity contribution < 1.29 is 19.1 Å². The zero-order chi connectivity index (χ0) is 23.8. The second-order valence-electron chi connectivity index (χ2n) is 10.0. The van der Waals surface area contributed by atoms with Crippen molar-refractivity contribution in [2.75, 3.05) is 4.90 Å². The molecule has 0 spiro atoms. The van der Waals surface area contributed by atoms with E-state index in [2.05, 4.69) is 4.98 Å². The lowest BCUT2D eigenvalue weighted by Gasteiger charge is -2.28. The third-order valence-corrected chi connectivity index (χ3v) is 4.88. The number of carbonyl (C=O) groups is 2. The van der Waals surface area contributed by atoms with Crippen molar-refractivity contribution in [3.8, 4) is 0 Å². The number of amides is 2. The Bertz CT molecular complexity index is 1040. The predicted molar refractivity (Wildman–Crippen MR) is 121 cm³/mol. The molecule has 1 heterocycles. The van der Waals surface area contributed by atoms with Gasteiger partial charge in [-0.2, -0.15) is 0 Å². The standard InChI is InChI=1S/C24H31N3O5/c1-23(2,3)31-21(29)27(22(30)32-24(4,5)6)20-25-18(14-19(28)26(20)7)17-13-16(17)15-11-9-8-10-12-15/h8-12,14,16-17H,13H2,1-7H3/t16-,17-/m0/s1. The van der Waals surface area contributed by atoms with Gasteiger partial charge in [-0.1, -0.05) is 30.3 Å². The van der Waals surface area contributed by atoms with Crippen molar-refractivity contribution in [1.29, 1.82) is 0 Å². The zero-order valence-corrected chi connectivity index (χ0v) is 19.7. The van der Waals surface area contributed by atoms with Gasteiger partial charge < -0.3 is 9.47 Å². The second kappa shape index (κ2) is 8.41. The molecule has 1 aromatic heterocycles. The Morgan fingerprint density at radius 3 is 2.00 bits per heavy atom. The van der Waals surface area contributed by atoms with Gasteiger partial charge in [0.05, 0.1) is 5.69 Å². The Labute approximate surface area is 188 Å². The molecule has 1 aliphatic rings. The van der Waals surface area contributed by atoms with E-state index in [1.54, 1.807) is 41.5 Å². The van der Waals surface area contributed by atoms with Crippen LogP contribution in [0.3, 0.4) is 0 Å². The number of benzene rings is 1. The van der Waals surface area contributed by atoms with Gasteiger partial charge in [-0.3, -0.25) is 9.36 Å². The zero-order valence-electron chi connectivity index (χ0n) is 19.7. The van der Waals surface area contributed by atoms with Crippen LogP contribution in [0.2, 0.25) is 0 Å². The van der Waals surface area contributed by atoms with Crippen molar-refractivity contribution in [3.63, 3.8) is 0 Å². The highest BCUT2D eigenvalue weighted by atomic mass is 16.6. The molecular weight excluding hydrogens is 410 g/mol. The maximum absolute atomic E-state index is 13.0. The highest BCUT2D eigenvalue weighted by Gasteiger charge is 2.42. The van der Waals surface area contributed by atoms with Crippen molar-refractivity contribution in [2.45, 2.75) is 71.0 Å². The average Bonchev–Trinajstić information content (AvgIpc) is 3.44. The SMILES string of the molecule is Cn1c(N(C(=O)OC(C)(C)C)C(=O)OC(C)(C)C)nc([C@H]2C[C@H]2c2ccccc2)cc1=O. The Hall–Kier alpha value is -3.16. The molecule has 0 saturated heterocycles. The molecule has 1 aromatic carbocycles. The van der Waals surface area contributed by atoms with E-state index in [0.717, 1.165) is 16.6 Å². The Morgan fingerprint density at radius 1 is 0.969 bits per heavy atom. The van der Waals surface area contributed by atoms with Gasteiger partial charge in [0.2, 0.25) is 5.95 Å². The van der Waals surface area contributed by atoms with E-state index in [-0.39, 0.29) is 23.3 Å². The van der Waals surface area contributed by atoms with Crippen molar-refractivity contribution in [3.05, 3.63) is 58.0 Å². The number of rotatable bonds is 3. The van der Waals surface area contributed by atoms with Crippen molar-refractivity contribution >= 4 is 18.1 Å². The minimum Gasteiger partial charge on any atom is -0.443 e. The summed E-state index contributed by atoms with van der Waals surface area (Å²) in [6.07, 6.45) is -1.08. The number of ether oxygens (including phenoxy) is 2.